The molecule has 2 amide bonds. The van der Waals surface area contributed by atoms with Gasteiger partial charge in [-0.05, 0) is 133 Å². The summed E-state index contributed by atoms with van der Waals surface area (Å²) in [6.45, 7) is 13.6. The van der Waals surface area contributed by atoms with E-state index in [0.717, 1.165) is 5.56 Å². The quantitative estimate of drug-likeness (QED) is 0.113. The number of carbonyl (C=O) groups is 2. The molecule has 0 unspecified atom stereocenters. The average Bonchev–Trinajstić information content (AvgIpc) is 3.24. The van der Waals surface area contributed by atoms with Crippen molar-refractivity contribution in [3.05, 3.63) is 141 Å². The van der Waals surface area contributed by atoms with E-state index < -0.39 is 23.4 Å². The Morgan fingerprint density at radius 1 is 0.651 bits per heavy atom. The maximum absolute atomic E-state index is 13.1. The smallest absolute Gasteiger partial charge is 0.415 e. The normalized spacial score (nSPS) is 10.8. The van der Waals surface area contributed by atoms with Crippen LogP contribution in [0.4, 0.5) is 21.0 Å². The van der Waals surface area contributed by atoms with E-state index in [1.165, 1.54) is 16.0 Å². The number of nitrogens with zero attached hydrogens (tertiary/aromatic N) is 7. The molecule has 63 heavy (non-hydrogen) atoms. The fourth-order valence-electron chi connectivity index (χ4n) is 5.99. The predicted octanol–water partition coefficient (Wildman–Crippen LogP) is 8.55. The molecule has 2 heterocycles. The minimum atomic E-state index is -0.723. The molecule has 15 nitrogen and oxygen atoms in total. The third kappa shape index (κ3) is 13.5. The molecule has 0 bridgehead atoms. The zero-order chi connectivity index (χ0) is 46.5. The molecule has 5 rings (SSSR count). The molecule has 3 aromatic carbocycles. The fourth-order valence-corrected chi connectivity index (χ4v) is 5.99. The number of aliphatic hydroxyl groups is 2. The summed E-state index contributed by atoms with van der Waals surface area (Å²) in [5, 5.41) is 57.3. The molecule has 326 valence electrons. The van der Waals surface area contributed by atoms with Crippen molar-refractivity contribution in [1.29, 1.82) is 15.8 Å². The minimum absolute atomic E-state index is 0.0392. The fraction of sp³-hybridized carbons (Fsp3) is 0.312. The number of aliphatic hydroxyl groups excluding tert-OH is 2. The SMILES string of the molecule is Cc1ncc(CN(C(=O)OC(C)(C)C)c2ccc(C#N)cc2)c(CO)c1O.Cc1ncc(CN(C(=O)OC(C)(C)C)c2ccc(C#N)cc2)c(CO)c1OCc1cccc(C#N)c1. The summed E-state index contributed by atoms with van der Waals surface area (Å²) in [5.74, 6) is 0.320. The van der Waals surface area contributed by atoms with Gasteiger partial charge in [0, 0.05) is 34.9 Å². The zero-order valence-corrected chi connectivity index (χ0v) is 36.6. The lowest BCUT2D eigenvalue weighted by Gasteiger charge is -2.28. The summed E-state index contributed by atoms with van der Waals surface area (Å²) >= 11 is 0. The number of benzene rings is 3. The van der Waals surface area contributed by atoms with Crippen LogP contribution >= 0.6 is 0 Å². The lowest BCUT2D eigenvalue weighted by molar-refractivity contribution is 0.0566. The van der Waals surface area contributed by atoms with Gasteiger partial charge in [0.05, 0.1) is 72.6 Å². The van der Waals surface area contributed by atoms with Gasteiger partial charge in [0.2, 0.25) is 0 Å². The van der Waals surface area contributed by atoms with E-state index in [0.29, 0.717) is 67.5 Å². The molecular formula is C48H51N7O8. The number of nitriles is 3. The van der Waals surface area contributed by atoms with Crippen LogP contribution in [0.15, 0.2) is 85.2 Å². The zero-order valence-electron chi connectivity index (χ0n) is 36.6. The van der Waals surface area contributed by atoms with Crippen LogP contribution in [0, 0.1) is 47.8 Å². The van der Waals surface area contributed by atoms with E-state index in [2.05, 4.69) is 22.1 Å². The Balaban J connectivity index is 0.000000288. The highest BCUT2D eigenvalue weighted by Crippen LogP contribution is 2.31. The molecule has 2 aromatic heterocycles. The van der Waals surface area contributed by atoms with Crippen molar-refractivity contribution in [2.45, 2.75) is 99.5 Å². The van der Waals surface area contributed by atoms with Gasteiger partial charge in [0.25, 0.3) is 0 Å². The van der Waals surface area contributed by atoms with E-state index in [1.807, 2.05) is 12.1 Å². The number of hydrogen-bond donors (Lipinski definition) is 3. The van der Waals surface area contributed by atoms with Crippen LogP contribution in [0.1, 0.15) is 97.4 Å². The van der Waals surface area contributed by atoms with E-state index in [-0.39, 0.29) is 38.7 Å². The average molecular weight is 854 g/mol. The molecule has 0 atom stereocenters. The van der Waals surface area contributed by atoms with Gasteiger partial charge in [-0.25, -0.2) is 9.59 Å². The predicted molar refractivity (Wildman–Crippen MR) is 234 cm³/mol. The number of ether oxygens (including phenoxy) is 3. The van der Waals surface area contributed by atoms with Gasteiger partial charge < -0.3 is 29.5 Å². The monoisotopic (exact) mass is 853 g/mol. The third-order valence-corrected chi connectivity index (χ3v) is 9.09. The maximum Gasteiger partial charge on any atom is 0.415 e. The number of aryl methyl sites for hydroxylation is 2. The summed E-state index contributed by atoms with van der Waals surface area (Å²) in [6, 6.07) is 26.3. The Kier molecular flexibility index (Phi) is 16.3. The molecule has 5 aromatic rings. The van der Waals surface area contributed by atoms with E-state index in [4.69, 9.17) is 30.0 Å². The Hall–Kier alpha value is -7.51. The third-order valence-electron chi connectivity index (χ3n) is 9.09. The van der Waals surface area contributed by atoms with Crippen molar-refractivity contribution in [3.8, 4) is 29.7 Å². The maximum atomic E-state index is 13.1. The highest BCUT2D eigenvalue weighted by molar-refractivity contribution is 5.88. The number of hydrogen-bond acceptors (Lipinski definition) is 13. The number of anilines is 2. The van der Waals surface area contributed by atoms with E-state index in [1.54, 1.807) is 128 Å². The molecular weight excluding hydrogens is 803 g/mol. The molecule has 0 aliphatic rings. The van der Waals surface area contributed by atoms with Gasteiger partial charge in [-0.15, -0.1) is 0 Å². The first-order chi connectivity index (χ1) is 29.8. The first kappa shape index (κ1) is 48.2. The summed E-state index contributed by atoms with van der Waals surface area (Å²) in [5.41, 5.74) is 4.76. The Labute approximate surface area is 367 Å². The van der Waals surface area contributed by atoms with Crippen LogP contribution < -0.4 is 14.5 Å². The number of carbonyl (C=O) groups excluding carboxylic acids is 2. The van der Waals surface area contributed by atoms with Gasteiger partial charge in [-0.3, -0.25) is 19.8 Å². The van der Waals surface area contributed by atoms with E-state index >= 15 is 0 Å². The second kappa shape index (κ2) is 21.3. The summed E-state index contributed by atoms with van der Waals surface area (Å²) in [4.78, 5) is 37.2. The van der Waals surface area contributed by atoms with Crippen molar-refractivity contribution in [2.75, 3.05) is 9.80 Å². The standard InChI is InChI=1S/C28H28N4O4.C20H23N3O4/c1-19-26(35-18-22-7-5-6-21(12-22)14-30)25(17-33)23(15-31-19)16-32(27(34)36-28(2,3)4)24-10-8-20(13-29)9-11-24;1-13-18(25)17(12-24)15(10-22-13)11-23(19(26)27-20(2,3)4)16-7-5-14(9-21)6-8-16/h5-12,15,33H,16-18H2,1-4H3;5-8,10,24-25H,11-12H2,1-4H3. The Morgan fingerprint density at radius 3 is 1.52 bits per heavy atom. The van der Waals surface area contributed by atoms with Crippen molar-refractivity contribution in [3.63, 3.8) is 0 Å². The van der Waals surface area contributed by atoms with Crippen LogP contribution in [0.5, 0.6) is 11.5 Å². The largest absolute Gasteiger partial charge is 0.506 e. The van der Waals surface area contributed by atoms with E-state index in [9.17, 15) is 24.9 Å². The van der Waals surface area contributed by atoms with Gasteiger partial charge in [0.15, 0.2) is 0 Å². The number of aromatic nitrogens is 2. The summed E-state index contributed by atoms with van der Waals surface area (Å²) in [6.07, 6.45) is 1.95. The second-order valence-electron chi connectivity index (χ2n) is 16.2. The van der Waals surface area contributed by atoms with Crippen LogP contribution in [0.25, 0.3) is 0 Å². The van der Waals surface area contributed by atoms with Gasteiger partial charge in [-0.1, -0.05) is 12.1 Å². The number of pyridine rings is 2. The topological polar surface area (TPSA) is 226 Å². The molecule has 15 heteroatoms. The first-order valence-electron chi connectivity index (χ1n) is 19.8. The van der Waals surface area contributed by atoms with Crippen LogP contribution in [-0.2, 0) is 42.4 Å². The molecule has 0 saturated carbocycles. The van der Waals surface area contributed by atoms with Crippen LogP contribution in [0.3, 0.4) is 0 Å². The van der Waals surface area contributed by atoms with Crippen LogP contribution in [-0.4, -0.2) is 48.7 Å². The van der Waals surface area contributed by atoms with Crippen molar-refractivity contribution < 1.29 is 39.1 Å². The lowest BCUT2D eigenvalue weighted by atomic mass is 10.1. The molecule has 0 aliphatic heterocycles. The Bertz CT molecular complexity index is 2530. The van der Waals surface area contributed by atoms with Crippen LogP contribution in [0.2, 0.25) is 0 Å². The molecule has 0 saturated heterocycles. The molecule has 0 radical (unpaired) electrons. The van der Waals surface area contributed by atoms with Gasteiger partial charge in [-0.2, -0.15) is 15.8 Å². The first-order valence-corrected chi connectivity index (χ1v) is 19.8. The van der Waals surface area contributed by atoms with Crippen molar-refractivity contribution >= 4 is 23.6 Å². The lowest BCUT2D eigenvalue weighted by Crippen LogP contribution is -2.36. The molecule has 0 aliphatic carbocycles. The Morgan fingerprint density at radius 2 is 1.10 bits per heavy atom. The summed E-state index contributed by atoms with van der Waals surface area (Å²) < 4.78 is 17.1. The number of amides is 2. The highest BCUT2D eigenvalue weighted by Gasteiger charge is 2.27. The second-order valence-corrected chi connectivity index (χ2v) is 16.2. The number of aromatic hydroxyl groups is 1. The van der Waals surface area contributed by atoms with Gasteiger partial charge >= 0.3 is 12.2 Å². The van der Waals surface area contributed by atoms with Crippen molar-refractivity contribution in [2.24, 2.45) is 0 Å². The molecule has 3 N–H and O–H groups in total. The highest BCUT2D eigenvalue weighted by atomic mass is 16.6. The van der Waals surface area contributed by atoms with Crippen molar-refractivity contribution in [1.82, 2.24) is 9.97 Å². The molecule has 0 spiro atoms. The molecule has 0 fully saturated rings. The number of rotatable bonds is 11. The minimum Gasteiger partial charge on any atom is -0.506 e. The van der Waals surface area contributed by atoms with Gasteiger partial charge in [0.1, 0.15) is 29.3 Å². The summed E-state index contributed by atoms with van der Waals surface area (Å²) in [7, 11) is 0.